The molecule has 0 N–H and O–H groups in total. The smallest absolute Gasteiger partial charge is 0.118 e. The van der Waals surface area contributed by atoms with Crippen LogP contribution >= 0.6 is 0 Å². The van der Waals surface area contributed by atoms with Crippen molar-refractivity contribution in [2.45, 2.75) is 38.8 Å². The van der Waals surface area contributed by atoms with Gasteiger partial charge in [0.15, 0.2) is 0 Å². The van der Waals surface area contributed by atoms with E-state index in [2.05, 4.69) is 62.1 Å². The molecule has 1 unspecified atom stereocenters. The summed E-state index contributed by atoms with van der Waals surface area (Å²) in [6, 6.07) is 17.6. The molecule has 2 aromatic rings. The predicted molar refractivity (Wildman–Crippen MR) is 88.1 cm³/mol. The van der Waals surface area contributed by atoms with E-state index in [1.165, 1.54) is 16.8 Å². The number of ether oxygens (including phenoxy) is 1. The maximum Gasteiger partial charge on any atom is 0.118 e. The van der Waals surface area contributed by atoms with E-state index in [0.29, 0.717) is 6.04 Å². The lowest BCUT2D eigenvalue weighted by Crippen LogP contribution is -2.38. The van der Waals surface area contributed by atoms with Crippen LogP contribution in [0.3, 0.4) is 0 Å². The van der Waals surface area contributed by atoms with Crippen molar-refractivity contribution in [2.75, 3.05) is 12.0 Å². The first-order valence-electron chi connectivity index (χ1n) is 7.53. The second-order valence-corrected chi connectivity index (χ2v) is 6.39. The Morgan fingerprint density at radius 2 is 1.71 bits per heavy atom. The molecule has 3 rings (SSSR count). The maximum atomic E-state index is 5.24. The third-order valence-electron chi connectivity index (χ3n) is 4.93. The molecule has 0 spiro atoms. The summed E-state index contributed by atoms with van der Waals surface area (Å²) in [5, 5.41) is 0. The largest absolute Gasteiger partial charge is 0.497 e. The minimum absolute atomic E-state index is 0.184. The van der Waals surface area contributed by atoms with Gasteiger partial charge in [0.2, 0.25) is 0 Å². The van der Waals surface area contributed by atoms with Crippen LogP contribution in [0.2, 0.25) is 0 Å². The van der Waals surface area contributed by atoms with Gasteiger partial charge in [0.25, 0.3) is 0 Å². The second kappa shape index (κ2) is 5.10. The Morgan fingerprint density at radius 1 is 1.05 bits per heavy atom. The number of rotatable bonds is 3. The standard InChI is InChI=1S/C19H23NO/c1-14-19(2,3)17-7-5-6-8-18(17)20(14)13-15-9-11-16(21-4)12-10-15/h5-12,14H,13H2,1-4H3. The van der Waals surface area contributed by atoms with Crippen molar-refractivity contribution in [2.24, 2.45) is 0 Å². The van der Waals surface area contributed by atoms with Gasteiger partial charge < -0.3 is 9.64 Å². The van der Waals surface area contributed by atoms with Gasteiger partial charge in [-0.2, -0.15) is 0 Å². The molecule has 0 radical (unpaired) electrons. The molecule has 1 atom stereocenters. The SMILES string of the molecule is COc1ccc(CN2c3ccccc3C(C)(C)C2C)cc1. The Morgan fingerprint density at radius 3 is 2.38 bits per heavy atom. The van der Waals surface area contributed by atoms with Crippen LogP contribution in [-0.2, 0) is 12.0 Å². The van der Waals surface area contributed by atoms with Crippen LogP contribution in [0, 0.1) is 0 Å². The first-order chi connectivity index (χ1) is 10.0. The molecule has 0 fully saturated rings. The third kappa shape index (κ3) is 2.29. The van der Waals surface area contributed by atoms with Gasteiger partial charge in [-0.05, 0) is 36.2 Å². The summed E-state index contributed by atoms with van der Waals surface area (Å²) in [5.74, 6) is 0.911. The first-order valence-corrected chi connectivity index (χ1v) is 7.53. The molecule has 2 aromatic carbocycles. The zero-order valence-corrected chi connectivity index (χ0v) is 13.3. The van der Waals surface area contributed by atoms with Crippen LogP contribution in [0.5, 0.6) is 5.75 Å². The van der Waals surface area contributed by atoms with Gasteiger partial charge in [-0.15, -0.1) is 0 Å². The molecule has 0 aromatic heterocycles. The van der Waals surface area contributed by atoms with Gasteiger partial charge in [-0.1, -0.05) is 44.2 Å². The van der Waals surface area contributed by atoms with Crippen LogP contribution in [0.1, 0.15) is 31.9 Å². The Bertz CT molecular complexity index is 630. The minimum Gasteiger partial charge on any atom is -0.497 e. The van der Waals surface area contributed by atoms with Crippen molar-refractivity contribution in [1.82, 2.24) is 0 Å². The summed E-state index contributed by atoms with van der Waals surface area (Å²) in [4.78, 5) is 2.51. The van der Waals surface area contributed by atoms with E-state index in [9.17, 15) is 0 Å². The monoisotopic (exact) mass is 281 g/mol. The summed E-state index contributed by atoms with van der Waals surface area (Å²) in [6.07, 6.45) is 0. The third-order valence-corrected chi connectivity index (χ3v) is 4.93. The molecule has 1 aliphatic heterocycles. The van der Waals surface area contributed by atoms with E-state index in [1.807, 2.05) is 12.1 Å². The van der Waals surface area contributed by atoms with E-state index < -0.39 is 0 Å². The number of benzene rings is 2. The summed E-state index contributed by atoms with van der Waals surface area (Å²) in [6.45, 7) is 7.93. The van der Waals surface area contributed by atoms with Crippen LogP contribution in [0.4, 0.5) is 5.69 Å². The fraction of sp³-hybridized carbons (Fsp3) is 0.368. The molecule has 1 heterocycles. The lowest BCUT2D eigenvalue weighted by molar-refractivity contribution is 0.414. The molecule has 0 amide bonds. The molecule has 110 valence electrons. The number of hydrogen-bond acceptors (Lipinski definition) is 2. The van der Waals surface area contributed by atoms with Crippen molar-refractivity contribution in [1.29, 1.82) is 0 Å². The van der Waals surface area contributed by atoms with Crippen molar-refractivity contribution in [3.05, 3.63) is 59.7 Å². The average Bonchev–Trinajstić information content (AvgIpc) is 2.70. The Labute approximate surface area is 127 Å². The van der Waals surface area contributed by atoms with E-state index in [4.69, 9.17) is 4.74 Å². The summed E-state index contributed by atoms with van der Waals surface area (Å²) in [5.41, 5.74) is 4.32. The normalized spacial score (nSPS) is 19.4. The van der Waals surface area contributed by atoms with E-state index in [1.54, 1.807) is 7.11 Å². The summed E-state index contributed by atoms with van der Waals surface area (Å²) < 4.78 is 5.24. The predicted octanol–water partition coefficient (Wildman–Crippen LogP) is 4.38. The fourth-order valence-corrected chi connectivity index (χ4v) is 3.24. The number of anilines is 1. The topological polar surface area (TPSA) is 12.5 Å². The molecular formula is C19H23NO. The highest BCUT2D eigenvalue weighted by Gasteiger charge is 2.41. The molecule has 0 saturated heterocycles. The maximum absolute atomic E-state index is 5.24. The van der Waals surface area contributed by atoms with Crippen molar-refractivity contribution in [3.8, 4) is 5.75 Å². The van der Waals surface area contributed by atoms with Crippen LogP contribution in [0.15, 0.2) is 48.5 Å². The zero-order valence-electron chi connectivity index (χ0n) is 13.3. The number of para-hydroxylation sites is 1. The molecule has 21 heavy (non-hydrogen) atoms. The molecule has 1 aliphatic rings. The van der Waals surface area contributed by atoms with Gasteiger partial charge in [0, 0.05) is 23.7 Å². The van der Waals surface area contributed by atoms with E-state index in [0.717, 1.165) is 12.3 Å². The highest BCUT2D eigenvalue weighted by molar-refractivity contribution is 5.63. The van der Waals surface area contributed by atoms with Gasteiger partial charge in [-0.3, -0.25) is 0 Å². The molecular weight excluding hydrogens is 258 g/mol. The molecule has 0 saturated carbocycles. The average molecular weight is 281 g/mol. The molecule has 0 aliphatic carbocycles. The molecule has 2 heteroatoms. The number of hydrogen-bond donors (Lipinski definition) is 0. The van der Waals surface area contributed by atoms with Crippen molar-refractivity contribution >= 4 is 5.69 Å². The van der Waals surface area contributed by atoms with Gasteiger partial charge in [0.1, 0.15) is 5.75 Å². The molecule has 0 bridgehead atoms. The quantitative estimate of drug-likeness (QED) is 0.827. The summed E-state index contributed by atoms with van der Waals surface area (Å²) in [7, 11) is 1.70. The molecule has 2 nitrogen and oxygen atoms in total. The zero-order chi connectivity index (χ0) is 15.0. The van der Waals surface area contributed by atoms with E-state index >= 15 is 0 Å². The van der Waals surface area contributed by atoms with Crippen molar-refractivity contribution < 1.29 is 4.74 Å². The first kappa shape index (κ1) is 14.0. The Balaban J connectivity index is 1.91. The fourth-order valence-electron chi connectivity index (χ4n) is 3.24. The van der Waals surface area contributed by atoms with Gasteiger partial charge in [-0.25, -0.2) is 0 Å². The van der Waals surface area contributed by atoms with Gasteiger partial charge in [0.05, 0.1) is 7.11 Å². The highest BCUT2D eigenvalue weighted by atomic mass is 16.5. The summed E-state index contributed by atoms with van der Waals surface area (Å²) >= 11 is 0. The Hall–Kier alpha value is -1.96. The van der Waals surface area contributed by atoms with E-state index in [-0.39, 0.29) is 5.41 Å². The van der Waals surface area contributed by atoms with Gasteiger partial charge >= 0.3 is 0 Å². The minimum atomic E-state index is 0.184. The van der Waals surface area contributed by atoms with Crippen LogP contribution in [0.25, 0.3) is 0 Å². The highest BCUT2D eigenvalue weighted by Crippen LogP contribution is 2.45. The Kier molecular flexibility index (Phi) is 3.40. The van der Waals surface area contributed by atoms with Crippen LogP contribution < -0.4 is 9.64 Å². The lowest BCUT2D eigenvalue weighted by atomic mass is 9.81. The number of nitrogens with zero attached hydrogens (tertiary/aromatic N) is 1. The van der Waals surface area contributed by atoms with Crippen molar-refractivity contribution in [3.63, 3.8) is 0 Å². The lowest BCUT2D eigenvalue weighted by Gasteiger charge is -2.31. The number of methoxy groups -OCH3 is 1. The van der Waals surface area contributed by atoms with Crippen LogP contribution in [-0.4, -0.2) is 13.2 Å². The number of fused-ring (bicyclic) bond motifs is 1. The second-order valence-electron chi connectivity index (χ2n) is 6.39.